The summed E-state index contributed by atoms with van der Waals surface area (Å²) < 4.78 is 70.9. The zero-order valence-electron chi connectivity index (χ0n) is 19.7. The number of ketones is 1. The lowest BCUT2D eigenvalue weighted by Crippen LogP contribution is -2.16. The highest BCUT2D eigenvalue weighted by molar-refractivity contribution is 7.92. The van der Waals surface area contributed by atoms with Crippen LogP contribution < -0.4 is 10.5 Å². The fourth-order valence-corrected chi connectivity index (χ4v) is 4.64. The van der Waals surface area contributed by atoms with Gasteiger partial charge in [-0.25, -0.2) is 31.6 Å². The molecule has 9 nitrogen and oxygen atoms in total. The maximum atomic E-state index is 15.4. The molecule has 4 aromatic rings. The lowest BCUT2D eigenvalue weighted by atomic mass is 10.00. The van der Waals surface area contributed by atoms with Gasteiger partial charge in [-0.1, -0.05) is 12.6 Å². The van der Waals surface area contributed by atoms with E-state index >= 15 is 4.39 Å². The second-order valence-corrected chi connectivity index (χ2v) is 9.62. The number of carbonyl (C=O) groups excluding carboxylic acids is 1. The number of pyridine rings is 1. The number of H-pyrrole nitrogens is 1. The van der Waals surface area contributed by atoms with Crippen LogP contribution >= 0.6 is 0 Å². The van der Waals surface area contributed by atoms with Crippen molar-refractivity contribution in [1.82, 2.24) is 9.97 Å². The minimum atomic E-state index is -4.47. The first-order valence-corrected chi connectivity index (χ1v) is 12.4. The average molecular weight is 551 g/mol. The Labute approximate surface area is 219 Å². The summed E-state index contributed by atoms with van der Waals surface area (Å²) in [7, 11) is -4.47. The predicted molar refractivity (Wildman–Crippen MR) is 139 cm³/mol. The molecule has 0 aliphatic rings. The summed E-state index contributed by atoms with van der Waals surface area (Å²) in [5, 5.41) is 9.00. The van der Waals surface area contributed by atoms with E-state index in [-0.39, 0.29) is 22.3 Å². The van der Waals surface area contributed by atoms with Crippen LogP contribution in [0.5, 0.6) is 0 Å². The SMILES string of the molecule is C=C(C#N)N=C/C(=C\N)c1cnc2[nH]cc(C(=O)c3c(F)ccc(NS(=O)(=O)c4cccc(F)c4)c3F)c2c1. The number of nitrogens with two attached hydrogens (primary N) is 1. The van der Waals surface area contributed by atoms with Crippen molar-refractivity contribution in [2.75, 3.05) is 4.72 Å². The third-order valence-electron chi connectivity index (χ3n) is 5.45. The number of aromatic amines is 1. The lowest BCUT2D eigenvalue weighted by Gasteiger charge is -2.12. The maximum Gasteiger partial charge on any atom is 0.262 e. The van der Waals surface area contributed by atoms with E-state index in [0.717, 1.165) is 36.4 Å². The molecule has 0 bridgehead atoms. The highest BCUT2D eigenvalue weighted by Gasteiger charge is 2.26. The molecule has 0 unspecified atom stereocenters. The molecule has 0 spiro atoms. The van der Waals surface area contributed by atoms with Gasteiger partial charge in [0.1, 0.15) is 29.0 Å². The van der Waals surface area contributed by atoms with Crippen LogP contribution in [-0.4, -0.2) is 30.4 Å². The van der Waals surface area contributed by atoms with Crippen LogP contribution in [0.1, 0.15) is 21.5 Å². The first-order chi connectivity index (χ1) is 18.6. The summed E-state index contributed by atoms with van der Waals surface area (Å²) in [6.07, 6.45) is 5.04. The molecule has 13 heteroatoms. The maximum absolute atomic E-state index is 15.4. The number of nitriles is 1. The van der Waals surface area contributed by atoms with Gasteiger partial charge in [-0.05, 0) is 36.4 Å². The molecule has 0 fully saturated rings. The van der Waals surface area contributed by atoms with Crippen LogP contribution in [-0.2, 0) is 10.0 Å². The number of carbonyl (C=O) groups is 1. The Balaban J connectivity index is 1.75. The van der Waals surface area contributed by atoms with Gasteiger partial charge >= 0.3 is 0 Å². The topological polar surface area (TPSA) is 154 Å². The van der Waals surface area contributed by atoms with Crippen LogP contribution in [0.3, 0.4) is 0 Å². The molecule has 2 aromatic carbocycles. The van der Waals surface area contributed by atoms with Crippen molar-refractivity contribution in [3.8, 4) is 6.07 Å². The van der Waals surface area contributed by atoms with Crippen LogP contribution in [0.2, 0.25) is 0 Å². The Kier molecular flexibility index (Phi) is 7.32. The minimum absolute atomic E-state index is 0.0836. The number of sulfonamides is 1. The average Bonchev–Trinajstić information content (AvgIpc) is 3.34. The van der Waals surface area contributed by atoms with Crippen LogP contribution in [0.15, 0.2) is 83.2 Å². The molecule has 0 amide bonds. The molecular weight excluding hydrogens is 533 g/mol. The number of rotatable bonds is 8. The molecule has 0 aliphatic carbocycles. The lowest BCUT2D eigenvalue weighted by molar-refractivity contribution is 0.103. The Bertz CT molecular complexity index is 1860. The number of anilines is 1. The van der Waals surface area contributed by atoms with Crippen molar-refractivity contribution < 1.29 is 26.4 Å². The van der Waals surface area contributed by atoms with Crippen molar-refractivity contribution >= 4 is 44.3 Å². The summed E-state index contributed by atoms with van der Waals surface area (Å²) in [4.78, 5) is 23.6. The molecule has 4 rings (SSSR count). The number of hydrogen-bond donors (Lipinski definition) is 3. The number of benzene rings is 2. The van der Waals surface area contributed by atoms with Gasteiger partial charge in [0, 0.05) is 46.9 Å². The number of halogens is 3. The fourth-order valence-electron chi connectivity index (χ4n) is 3.55. The van der Waals surface area contributed by atoms with Gasteiger partial charge in [-0.2, -0.15) is 5.26 Å². The first kappa shape index (κ1) is 26.8. The molecule has 0 atom stereocenters. The van der Waals surface area contributed by atoms with Gasteiger partial charge in [-0.3, -0.25) is 9.52 Å². The Morgan fingerprint density at radius 1 is 1.21 bits per heavy atom. The van der Waals surface area contributed by atoms with E-state index in [1.54, 1.807) is 6.07 Å². The molecular formula is C26H17F3N6O3S. The van der Waals surface area contributed by atoms with E-state index in [9.17, 15) is 22.0 Å². The Hall–Kier alpha value is -5.22. The van der Waals surface area contributed by atoms with Crippen molar-refractivity contribution in [3.05, 3.63) is 107 Å². The van der Waals surface area contributed by atoms with Gasteiger partial charge in [0.2, 0.25) is 5.78 Å². The van der Waals surface area contributed by atoms with Gasteiger partial charge in [0.25, 0.3) is 10.0 Å². The number of allylic oxidation sites excluding steroid dienone is 2. The number of nitrogens with zero attached hydrogens (tertiary/aromatic N) is 3. The highest BCUT2D eigenvalue weighted by atomic mass is 32.2. The van der Waals surface area contributed by atoms with Gasteiger partial charge in [0.15, 0.2) is 5.82 Å². The third-order valence-corrected chi connectivity index (χ3v) is 6.81. The molecule has 2 aromatic heterocycles. The van der Waals surface area contributed by atoms with Gasteiger partial charge in [0.05, 0.1) is 16.1 Å². The summed E-state index contributed by atoms with van der Waals surface area (Å²) in [5.74, 6) is -4.65. The molecule has 4 N–H and O–H groups in total. The molecule has 2 heterocycles. The number of nitrogens with one attached hydrogen (secondary N) is 2. The van der Waals surface area contributed by atoms with Crippen LogP contribution in [0, 0.1) is 28.8 Å². The van der Waals surface area contributed by atoms with Crippen molar-refractivity contribution in [1.29, 1.82) is 5.26 Å². The summed E-state index contributed by atoms with van der Waals surface area (Å²) in [6.45, 7) is 3.43. The smallest absolute Gasteiger partial charge is 0.262 e. The van der Waals surface area contributed by atoms with E-state index in [0.29, 0.717) is 11.1 Å². The van der Waals surface area contributed by atoms with E-state index < -0.39 is 49.4 Å². The second kappa shape index (κ2) is 10.6. The number of hydrogen-bond acceptors (Lipinski definition) is 7. The molecule has 0 saturated heterocycles. The van der Waals surface area contributed by atoms with Gasteiger partial charge in [-0.15, -0.1) is 0 Å². The molecule has 0 saturated carbocycles. The standard InChI is InChI=1S/C26H17F3N6O3S/c1-14(9-30)32-12-16(10-31)15-7-19-20(13-34-26(19)33-11-15)25(36)23-21(28)5-6-22(24(23)29)35-39(37,38)18-4-2-3-17(27)8-18/h2-8,10-13,35H,1,31H2,(H,33,34)/b16-10+,32-12?. The van der Waals surface area contributed by atoms with E-state index in [4.69, 9.17) is 11.0 Å². The van der Waals surface area contributed by atoms with Crippen molar-refractivity contribution in [2.24, 2.45) is 10.7 Å². The Morgan fingerprint density at radius 3 is 2.67 bits per heavy atom. The molecule has 0 aliphatic heterocycles. The monoisotopic (exact) mass is 550 g/mol. The zero-order valence-corrected chi connectivity index (χ0v) is 20.6. The quantitative estimate of drug-likeness (QED) is 0.168. The molecule has 39 heavy (non-hydrogen) atoms. The predicted octanol–water partition coefficient (Wildman–Crippen LogP) is 4.42. The van der Waals surface area contributed by atoms with Crippen molar-refractivity contribution in [3.63, 3.8) is 0 Å². The van der Waals surface area contributed by atoms with Gasteiger partial charge < -0.3 is 10.7 Å². The second-order valence-electron chi connectivity index (χ2n) is 7.94. The summed E-state index contributed by atoms with van der Waals surface area (Å²) >= 11 is 0. The van der Waals surface area contributed by atoms with Crippen LogP contribution in [0.4, 0.5) is 18.9 Å². The largest absolute Gasteiger partial charge is 0.404 e. The number of aromatic nitrogens is 2. The highest BCUT2D eigenvalue weighted by Crippen LogP contribution is 2.29. The Morgan fingerprint density at radius 2 is 1.97 bits per heavy atom. The fraction of sp³-hybridized carbons (Fsp3) is 0. The molecule has 0 radical (unpaired) electrons. The zero-order chi connectivity index (χ0) is 28.3. The minimum Gasteiger partial charge on any atom is -0.404 e. The number of aliphatic imine (C=N–C) groups is 1. The van der Waals surface area contributed by atoms with Crippen molar-refractivity contribution in [2.45, 2.75) is 4.90 Å². The number of fused-ring (bicyclic) bond motifs is 1. The van der Waals surface area contributed by atoms with E-state index in [1.165, 1.54) is 30.9 Å². The third kappa shape index (κ3) is 5.41. The van der Waals surface area contributed by atoms with Crippen LogP contribution in [0.25, 0.3) is 16.6 Å². The normalized spacial score (nSPS) is 12.0. The van der Waals surface area contributed by atoms with E-state index in [1.807, 2.05) is 4.72 Å². The first-order valence-electron chi connectivity index (χ1n) is 10.9. The van der Waals surface area contributed by atoms with E-state index in [2.05, 4.69) is 21.5 Å². The summed E-state index contributed by atoms with van der Waals surface area (Å²) in [6, 6.07) is 8.73. The summed E-state index contributed by atoms with van der Waals surface area (Å²) in [5.41, 5.74) is 4.54. The molecule has 196 valence electrons.